The summed E-state index contributed by atoms with van der Waals surface area (Å²) in [5.41, 5.74) is 17.0. The predicted octanol–water partition coefficient (Wildman–Crippen LogP) is 8.82. The van der Waals surface area contributed by atoms with Crippen molar-refractivity contribution in [1.29, 1.82) is 0 Å². The van der Waals surface area contributed by atoms with Crippen LogP contribution in [0.5, 0.6) is 0 Å². The number of nitrogens with zero attached hydrogens (tertiary/aromatic N) is 16. The third-order valence-corrected chi connectivity index (χ3v) is 14.0. The van der Waals surface area contributed by atoms with Crippen LogP contribution in [-0.4, -0.2) is 79.4 Å². The Labute approximate surface area is 439 Å². The van der Waals surface area contributed by atoms with Crippen LogP contribution in [-0.2, 0) is 78.5 Å². The maximum atomic E-state index is 5.43. The van der Waals surface area contributed by atoms with Crippen molar-refractivity contribution in [3.8, 4) is 57.2 Å². The van der Waals surface area contributed by atoms with Crippen LogP contribution in [0.15, 0.2) is 158 Å². The molecular weight excluding hydrogens is 945 g/mol. The van der Waals surface area contributed by atoms with Crippen LogP contribution in [0.1, 0.15) is 68.3 Å². The van der Waals surface area contributed by atoms with Crippen molar-refractivity contribution < 1.29 is 0 Å². The van der Waals surface area contributed by atoms with Crippen molar-refractivity contribution in [2.45, 2.75) is 78.5 Å². The minimum atomic E-state index is 0.443. The van der Waals surface area contributed by atoms with E-state index in [9.17, 15) is 0 Å². The van der Waals surface area contributed by atoms with E-state index in [-0.39, 0.29) is 0 Å². The van der Waals surface area contributed by atoms with Gasteiger partial charge in [0.15, 0.2) is 11.6 Å². The van der Waals surface area contributed by atoms with Crippen molar-refractivity contribution in [2.75, 3.05) is 0 Å². The van der Waals surface area contributed by atoms with Gasteiger partial charge in [-0.25, -0.2) is 59.8 Å². The predicted molar refractivity (Wildman–Crippen MR) is 285 cm³/mol. The molecule has 0 unspecified atom stereocenters. The summed E-state index contributed by atoms with van der Waals surface area (Å²) in [6.07, 6.45) is 0. The second-order valence-electron chi connectivity index (χ2n) is 20.0. The van der Waals surface area contributed by atoms with E-state index in [2.05, 4.69) is 129 Å². The first-order valence-electron chi connectivity index (χ1n) is 25.8. The van der Waals surface area contributed by atoms with Crippen LogP contribution in [0.3, 0.4) is 0 Å². The van der Waals surface area contributed by atoms with Crippen molar-refractivity contribution in [2.24, 2.45) is 0 Å². The average Bonchev–Trinajstić information content (AvgIpc) is 3.43. The highest BCUT2D eigenvalue weighted by Crippen LogP contribution is 2.28. The first-order chi connectivity index (χ1) is 37.4. The van der Waals surface area contributed by atoms with E-state index in [1.54, 1.807) is 0 Å². The van der Waals surface area contributed by atoms with Gasteiger partial charge in [-0.2, -0.15) is 0 Å². The van der Waals surface area contributed by atoms with Crippen LogP contribution >= 0.6 is 0 Å². The zero-order chi connectivity index (χ0) is 50.4. The molecule has 0 spiro atoms. The van der Waals surface area contributed by atoms with Crippen LogP contribution in [0, 0.1) is 0 Å². The van der Waals surface area contributed by atoms with E-state index in [0.29, 0.717) is 90.2 Å². The van der Waals surface area contributed by atoms with Gasteiger partial charge in [0.05, 0.1) is 114 Å². The highest BCUT2D eigenvalue weighted by Gasteiger charge is 2.24. The van der Waals surface area contributed by atoms with Crippen LogP contribution in [0.4, 0.5) is 0 Å². The Kier molecular flexibility index (Phi) is 11.9. The molecule has 0 amide bonds. The molecule has 0 fully saturated rings. The molecule has 0 saturated heterocycles. The summed E-state index contributed by atoms with van der Waals surface area (Å²) in [7, 11) is 0. The Bertz CT molecular complexity index is 3150. The quantitative estimate of drug-likeness (QED) is 0.141. The average molecular weight is 995 g/mol. The second-order valence-corrected chi connectivity index (χ2v) is 20.0. The van der Waals surface area contributed by atoms with E-state index in [1.807, 2.05) is 48.5 Å². The molecule has 0 aromatic carbocycles. The lowest BCUT2D eigenvalue weighted by atomic mass is 10.1. The maximum absolute atomic E-state index is 5.43. The van der Waals surface area contributed by atoms with Gasteiger partial charge in [-0.3, -0.25) is 19.6 Å². The number of hydrogen-bond acceptors (Lipinski definition) is 16. The van der Waals surface area contributed by atoms with Crippen LogP contribution in [0.2, 0.25) is 0 Å². The standard InChI is InChI=1S/C60H50N16/c1-9-39-27-73-28-41-11-3-19-53(63-41)54-20-4-12-42(64-54)30-74(29-40-10-2-18-52(62-40)51(17-1)61-39)36-49-26-50-38-76-33-45-15-7-23-57(67-45)55-21-5-13-43(65-55)31-75(37-48-25-47(35-73)69-59(70-48)60(71-49)72-50)32-44-14-6-22-56(66-44)58-24-8-16-46(34-76)68-58/h1-26H,27-38H2. The van der Waals surface area contributed by atoms with Gasteiger partial charge in [0, 0.05) is 78.5 Å². The fraction of sp³-hybridized carbons (Fsp3) is 0.200. The Morgan fingerprint density at radius 1 is 0.184 bits per heavy atom. The summed E-state index contributed by atoms with van der Waals surface area (Å²) in [5, 5.41) is 0. The first kappa shape index (κ1) is 45.8. The van der Waals surface area contributed by atoms with Crippen molar-refractivity contribution in [1.82, 2.24) is 79.4 Å². The number of rotatable bonds is 0. The summed E-state index contributed by atoms with van der Waals surface area (Å²) in [4.78, 5) is 73.1. The molecule has 6 aliphatic heterocycles. The molecule has 0 saturated carbocycles. The summed E-state index contributed by atoms with van der Waals surface area (Å²) >= 11 is 0. The molecule has 16 heteroatoms. The topological polar surface area (TPSA) is 168 Å². The molecule has 16 rings (SSSR count). The summed E-state index contributed by atoms with van der Waals surface area (Å²) in [6, 6.07) is 53.8. The van der Waals surface area contributed by atoms with Gasteiger partial charge in [0.1, 0.15) is 0 Å². The third-order valence-electron chi connectivity index (χ3n) is 14.0. The van der Waals surface area contributed by atoms with E-state index in [4.69, 9.17) is 59.8 Å². The Balaban J connectivity index is 1.00. The first-order valence-corrected chi connectivity index (χ1v) is 25.8. The van der Waals surface area contributed by atoms with Gasteiger partial charge in [0.2, 0.25) is 0 Å². The molecule has 76 heavy (non-hydrogen) atoms. The van der Waals surface area contributed by atoms with Crippen LogP contribution in [0.25, 0.3) is 57.2 Å². The second kappa shape index (κ2) is 19.8. The minimum Gasteiger partial charge on any atom is -0.286 e. The molecule has 26 bridgehead atoms. The number of aromatic nitrogens is 12. The molecule has 10 aromatic rings. The van der Waals surface area contributed by atoms with Crippen molar-refractivity contribution >= 4 is 0 Å². The zero-order valence-corrected chi connectivity index (χ0v) is 41.7. The lowest BCUT2D eigenvalue weighted by Crippen LogP contribution is -2.27. The highest BCUT2D eigenvalue weighted by atomic mass is 15.2. The molecule has 16 nitrogen and oxygen atoms in total. The lowest BCUT2D eigenvalue weighted by molar-refractivity contribution is 0.232. The minimum absolute atomic E-state index is 0.443. The lowest BCUT2D eigenvalue weighted by Gasteiger charge is -2.26. The summed E-state index contributed by atoms with van der Waals surface area (Å²) in [6.45, 7) is 5.82. The van der Waals surface area contributed by atoms with Gasteiger partial charge in [0.25, 0.3) is 0 Å². The maximum Gasteiger partial charge on any atom is 0.198 e. The molecule has 370 valence electrons. The molecule has 0 atom stereocenters. The normalized spacial score (nSPS) is 18.7. The molecule has 0 N–H and O–H groups in total. The highest BCUT2D eigenvalue weighted by molar-refractivity contribution is 5.57. The third kappa shape index (κ3) is 10.1. The molecular formula is C60H50N16. The van der Waals surface area contributed by atoms with E-state index < -0.39 is 0 Å². The molecule has 6 aliphatic rings. The van der Waals surface area contributed by atoms with E-state index >= 15 is 0 Å². The monoisotopic (exact) mass is 994 g/mol. The van der Waals surface area contributed by atoms with Crippen molar-refractivity contribution in [3.63, 3.8) is 0 Å². The van der Waals surface area contributed by atoms with Gasteiger partial charge in [-0.1, -0.05) is 48.5 Å². The van der Waals surface area contributed by atoms with Crippen molar-refractivity contribution in [3.05, 3.63) is 226 Å². The number of hydrogen-bond donors (Lipinski definition) is 0. The van der Waals surface area contributed by atoms with Gasteiger partial charge >= 0.3 is 0 Å². The Morgan fingerprint density at radius 2 is 0.342 bits per heavy atom. The smallest absolute Gasteiger partial charge is 0.198 e. The SMILES string of the molecule is c1cc2nc(c1)-c1cccc(n1)CN1Cc3cccc(n3)-c3cccc(n3)CN(C2)Cc2cc3nc(n2)-c2nc(cc(n2)CN2Cc4cccc(n4)-c4cccc(n4)CN(Cc4cccc(n4)-c4cccc(n4)C2)C3)C1. The Hall–Kier alpha value is -8.80. The molecule has 16 heterocycles. The zero-order valence-electron chi connectivity index (χ0n) is 41.7. The largest absolute Gasteiger partial charge is 0.286 e. The Morgan fingerprint density at radius 3 is 0.513 bits per heavy atom. The summed E-state index contributed by atoms with van der Waals surface area (Å²) in [5.74, 6) is 0.900. The molecule has 10 aromatic heterocycles. The number of pyridine rings is 8. The van der Waals surface area contributed by atoms with Gasteiger partial charge < -0.3 is 0 Å². The fourth-order valence-electron chi connectivity index (χ4n) is 10.7. The van der Waals surface area contributed by atoms with E-state index in [1.165, 1.54) is 0 Å². The molecule has 0 aliphatic carbocycles. The van der Waals surface area contributed by atoms with E-state index in [0.717, 1.165) is 114 Å². The fourth-order valence-corrected chi connectivity index (χ4v) is 10.7. The van der Waals surface area contributed by atoms with Crippen LogP contribution < -0.4 is 0 Å². The van der Waals surface area contributed by atoms with Gasteiger partial charge in [-0.05, 0) is 109 Å². The molecule has 0 radical (unpaired) electrons. The summed E-state index contributed by atoms with van der Waals surface area (Å²) < 4.78 is 0. The van der Waals surface area contributed by atoms with Gasteiger partial charge in [-0.15, -0.1) is 0 Å².